The van der Waals surface area contributed by atoms with Gasteiger partial charge in [-0.3, -0.25) is 9.59 Å². The van der Waals surface area contributed by atoms with Gasteiger partial charge < -0.3 is 19.7 Å². The fourth-order valence-electron chi connectivity index (χ4n) is 5.36. The molecule has 5 rings (SSSR count). The van der Waals surface area contributed by atoms with Crippen molar-refractivity contribution in [3.63, 3.8) is 0 Å². The average Bonchev–Trinajstić information content (AvgIpc) is 2.77. The predicted octanol–water partition coefficient (Wildman–Crippen LogP) is 2.61. The summed E-state index contributed by atoms with van der Waals surface area (Å²) < 4.78 is 1.97. The Labute approximate surface area is 177 Å². The van der Waals surface area contributed by atoms with Gasteiger partial charge in [0.25, 0.3) is 11.5 Å². The Morgan fingerprint density at radius 3 is 2.53 bits per heavy atom. The van der Waals surface area contributed by atoms with E-state index in [1.54, 1.807) is 0 Å². The zero-order valence-electron chi connectivity index (χ0n) is 17.6. The van der Waals surface area contributed by atoms with Gasteiger partial charge in [0.2, 0.25) is 0 Å². The molecule has 30 heavy (non-hydrogen) atoms. The lowest BCUT2D eigenvalue weighted by Gasteiger charge is -2.43. The van der Waals surface area contributed by atoms with Crippen molar-refractivity contribution in [3.05, 3.63) is 64.1 Å². The van der Waals surface area contributed by atoms with Crippen LogP contribution in [-0.2, 0) is 6.54 Å². The Hall–Kier alpha value is -2.60. The molecule has 3 aliphatic rings. The van der Waals surface area contributed by atoms with Crippen molar-refractivity contribution in [2.45, 2.75) is 37.8 Å². The van der Waals surface area contributed by atoms with Crippen molar-refractivity contribution in [1.82, 2.24) is 14.4 Å². The molecule has 2 atom stereocenters. The molecule has 6 heteroatoms. The van der Waals surface area contributed by atoms with Crippen LogP contribution in [0.4, 0.5) is 5.69 Å². The number of hydrogen-bond donors (Lipinski definition) is 1. The van der Waals surface area contributed by atoms with Gasteiger partial charge in [-0.2, -0.15) is 0 Å². The van der Waals surface area contributed by atoms with E-state index in [2.05, 4.69) is 23.3 Å². The van der Waals surface area contributed by atoms with Crippen molar-refractivity contribution in [3.8, 4) is 0 Å². The van der Waals surface area contributed by atoms with Crippen LogP contribution in [0, 0.1) is 5.92 Å². The van der Waals surface area contributed by atoms with E-state index in [0.29, 0.717) is 25.0 Å². The Bertz CT molecular complexity index is 978. The summed E-state index contributed by atoms with van der Waals surface area (Å²) in [6.45, 7) is 4.25. The summed E-state index contributed by atoms with van der Waals surface area (Å²) in [4.78, 5) is 30.5. The SMILES string of the molecule is CN1CCC(Nc2ccc3n(c2=O)C[C@H]2C[C@@H]3CN(C(=O)c3ccccc3)C2)CC1. The number of carbonyl (C=O) groups is 1. The third kappa shape index (κ3) is 3.65. The summed E-state index contributed by atoms with van der Waals surface area (Å²) in [7, 11) is 2.15. The first-order chi connectivity index (χ1) is 14.6. The van der Waals surface area contributed by atoms with Gasteiger partial charge in [-0.1, -0.05) is 18.2 Å². The number of nitrogens with zero attached hydrogens (tertiary/aromatic N) is 3. The molecule has 158 valence electrons. The molecule has 0 radical (unpaired) electrons. The summed E-state index contributed by atoms with van der Waals surface area (Å²) in [5.41, 5.74) is 2.65. The number of benzene rings is 1. The van der Waals surface area contributed by atoms with Crippen molar-refractivity contribution < 1.29 is 4.79 Å². The zero-order valence-corrected chi connectivity index (χ0v) is 17.6. The van der Waals surface area contributed by atoms with Gasteiger partial charge in [-0.25, -0.2) is 0 Å². The summed E-state index contributed by atoms with van der Waals surface area (Å²) >= 11 is 0. The molecule has 1 amide bonds. The van der Waals surface area contributed by atoms with Crippen LogP contribution in [0.15, 0.2) is 47.3 Å². The molecule has 4 heterocycles. The maximum atomic E-state index is 13.2. The number of hydrogen-bond acceptors (Lipinski definition) is 4. The molecule has 1 aromatic heterocycles. The minimum atomic E-state index is 0.0988. The number of carbonyl (C=O) groups excluding carboxylic acids is 1. The summed E-state index contributed by atoms with van der Waals surface area (Å²) in [5, 5.41) is 3.51. The van der Waals surface area contributed by atoms with Crippen molar-refractivity contribution in [1.29, 1.82) is 0 Å². The molecule has 2 saturated heterocycles. The van der Waals surface area contributed by atoms with Crippen LogP contribution < -0.4 is 10.9 Å². The van der Waals surface area contributed by atoms with Gasteiger partial charge in [-0.05, 0) is 69.6 Å². The number of aromatic nitrogens is 1. The lowest BCUT2D eigenvalue weighted by Crippen LogP contribution is -2.49. The molecular formula is C24H30N4O2. The number of anilines is 1. The fraction of sp³-hybridized carbons (Fsp3) is 0.500. The lowest BCUT2D eigenvalue weighted by atomic mass is 9.83. The summed E-state index contributed by atoms with van der Waals surface area (Å²) in [6.07, 6.45) is 3.19. The zero-order chi connectivity index (χ0) is 20.7. The number of fused-ring (bicyclic) bond motifs is 4. The standard InChI is InChI=1S/C24H30N4O2/c1-26-11-9-20(10-12-26)25-21-7-8-22-19-13-17(15-28(22)24(21)30)14-27(16-19)23(29)18-5-3-2-4-6-18/h2-8,17,19-20,25H,9-16H2,1H3/t17-,19+/m0/s1. The van der Waals surface area contributed by atoms with Crippen molar-refractivity contribution >= 4 is 11.6 Å². The monoisotopic (exact) mass is 406 g/mol. The van der Waals surface area contributed by atoms with Crippen molar-refractivity contribution in [2.24, 2.45) is 5.92 Å². The van der Waals surface area contributed by atoms with E-state index in [9.17, 15) is 9.59 Å². The van der Waals surface area contributed by atoms with E-state index in [-0.39, 0.29) is 17.4 Å². The second-order valence-electron chi connectivity index (χ2n) is 9.18. The molecule has 0 saturated carbocycles. The second kappa shape index (κ2) is 7.91. The molecule has 0 aliphatic carbocycles. The van der Waals surface area contributed by atoms with Gasteiger partial charge in [0.15, 0.2) is 0 Å². The van der Waals surface area contributed by atoms with E-state index in [4.69, 9.17) is 0 Å². The number of rotatable bonds is 3. The van der Waals surface area contributed by atoms with E-state index >= 15 is 0 Å². The Morgan fingerprint density at radius 1 is 1.00 bits per heavy atom. The highest BCUT2D eigenvalue weighted by molar-refractivity contribution is 5.94. The van der Waals surface area contributed by atoms with E-state index in [0.717, 1.165) is 55.8 Å². The average molecular weight is 407 g/mol. The second-order valence-corrected chi connectivity index (χ2v) is 9.18. The molecule has 1 N–H and O–H groups in total. The maximum absolute atomic E-state index is 13.2. The number of piperidine rings is 2. The highest BCUT2D eigenvalue weighted by Crippen LogP contribution is 2.36. The molecule has 6 nitrogen and oxygen atoms in total. The van der Waals surface area contributed by atoms with E-state index < -0.39 is 0 Å². The van der Waals surface area contributed by atoms with Crippen LogP contribution in [0.5, 0.6) is 0 Å². The van der Waals surface area contributed by atoms with Crippen LogP contribution >= 0.6 is 0 Å². The van der Waals surface area contributed by atoms with E-state index in [1.165, 1.54) is 0 Å². The first-order valence-electron chi connectivity index (χ1n) is 11.1. The van der Waals surface area contributed by atoms with Gasteiger partial charge >= 0.3 is 0 Å². The summed E-state index contributed by atoms with van der Waals surface area (Å²) in [5.74, 6) is 0.664. The molecule has 1 aromatic carbocycles. The minimum Gasteiger partial charge on any atom is -0.378 e. The minimum absolute atomic E-state index is 0.0988. The largest absolute Gasteiger partial charge is 0.378 e. The van der Waals surface area contributed by atoms with Crippen LogP contribution in [0.1, 0.15) is 41.2 Å². The highest BCUT2D eigenvalue weighted by atomic mass is 16.2. The number of nitrogens with one attached hydrogen (secondary N) is 1. The smallest absolute Gasteiger partial charge is 0.274 e. The van der Waals surface area contributed by atoms with Crippen molar-refractivity contribution in [2.75, 3.05) is 38.5 Å². The first-order valence-corrected chi connectivity index (χ1v) is 11.1. The topological polar surface area (TPSA) is 57.6 Å². The maximum Gasteiger partial charge on any atom is 0.274 e. The molecule has 2 bridgehead atoms. The number of likely N-dealkylation sites (tertiary alicyclic amines) is 2. The fourth-order valence-corrected chi connectivity index (χ4v) is 5.36. The Morgan fingerprint density at radius 2 is 1.77 bits per heavy atom. The Kier molecular flexibility index (Phi) is 5.11. The third-order valence-electron chi connectivity index (χ3n) is 6.99. The van der Waals surface area contributed by atoms with Crippen LogP contribution in [0.25, 0.3) is 0 Å². The van der Waals surface area contributed by atoms with E-state index in [1.807, 2.05) is 45.9 Å². The van der Waals surface area contributed by atoms with Gasteiger partial charge in [0.1, 0.15) is 5.69 Å². The highest BCUT2D eigenvalue weighted by Gasteiger charge is 2.37. The number of pyridine rings is 1. The molecule has 0 spiro atoms. The first kappa shape index (κ1) is 19.4. The van der Waals surface area contributed by atoms with Gasteiger partial charge in [0.05, 0.1) is 0 Å². The van der Waals surface area contributed by atoms with Crippen LogP contribution in [0.3, 0.4) is 0 Å². The van der Waals surface area contributed by atoms with Gasteiger partial charge in [-0.15, -0.1) is 0 Å². The van der Waals surface area contributed by atoms with Crippen LogP contribution in [0.2, 0.25) is 0 Å². The normalized spacial score (nSPS) is 24.4. The third-order valence-corrected chi connectivity index (χ3v) is 6.99. The Balaban J connectivity index is 1.35. The lowest BCUT2D eigenvalue weighted by molar-refractivity contribution is 0.0594. The van der Waals surface area contributed by atoms with Gasteiger partial charge in [0, 0.05) is 42.9 Å². The van der Waals surface area contributed by atoms with Crippen LogP contribution in [-0.4, -0.2) is 59.5 Å². The molecule has 2 aromatic rings. The summed E-state index contributed by atoms with van der Waals surface area (Å²) in [6, 6.07) is 14.0. The molecular weight excluding hydrogens is 376 g/mol. The molecule has 3 aliphatic heterocycles. The molecule has 2 fully saturated rings. The predicted molar refractivity (Wildman–Crippen MR) is 118 cm³/mol. The molecule has 0 unspecified atom stereocenters. The number of amides is 1. The quantitative estimate of drug-likeness (QED) is 0.851.